The van der Waals surface area contributed by atoms with Crippen LogP contribution >= 0.6 is 0 Å². The Bertz CT molecular complexity index is 614. The number of para-hydroxylation sites is 1. The maximum atomic E-state index is 12.2. The highest BCUT2D eigenvalue weighted by Crippen LogP contribution is 2.38. The topological polar surface area (TPSA) is 61.2 Å². The van der Waals surface area contributed by atoms with Gasteiger partial charge >= 0.3 is 0 Å². The molecule has 0 aromatic heterocycles. The van der Waals surface area contributed by atoms with Crippen LogP contribution in [0.4, 0.5) is 5.69 Å². The number of sulfone groups is 1. The van der Waals surface area contributed by atoms with Crippen molar-refractivity contribution in [2.75, 3.05) is 17.7 Å². The Morgan fingerprint density at radius 3 is 2.67 bits per heavy atom. The minimum Gasteiger partial charge on any atom is -0.357 e. The summed E-state index contributed by atoms with van der Waals surface area (Å²) in [5.74, 6) is 0.0872. The molecule has 1 aromatic rings. The molecule has 96 valence electrons. The van der Waals surface area contributed by atoms with E-state index in [1.807, 2.05) is 19.9 Å². The lowest BCUT2D eigenvalue weighted by molar-refractivity contribution is 0.585. The van der Waals surface area contributed by atoms with Crippen molar-refractivity contribution >= 4 is 15.5 Å². The Kier molecular flexibility index (Phi) is 3.07. The first-order chi connectivity index (χ1) is 8.38. The van der Waals surface area contributed by atoms with E-state index in [-0.39, 0.29) is 11.7 Å². The maximum absolute atomic E-state index is 12.2. The van der Waals surface area contributed by atoms with Crippen molar-refractivity contribution in [1.82, 2.24) is 0 Å². The first-order valence-electron chi connectivity index (χ1n) is 5.86. The zero-order valence-corrected chi connectivity index (χ0v) is 11.5. The highest BCUT2D eigenvalue weighted by Gasteiger charge is 2.35. The van der Waals surface area contributed by atoms with Crippen LogP contribution in [0.1, 0.15) is 25.3 Å². The van der Waals surface area contributed by atoms with Crippen molar-refractivity contribution < 1.29 is 8.42 Å². The van der Waals surface area contributed by atoms with Gasteiger partial charge in [0.2, 0.25) is 0 Å². The van der Waals surface area contributed by atoms with E-state index in [0.29, 0.717) is 10.6 Å². The van der Waals surface area contributed by atoms with Gasteiger partial charge in [-0.1, -0.05) is 26.0 Å². The van der Waals surface area contributed by atoms with Gasteiger partial charge in [0.1, 0.15) is 6.04 Å². The third kappa shape index (κ3) is 1.87. The summed E-state index contributed by atoms with van der Waals surface area (Å²) in [6.07, 6.45) is 0. The Balaban J connectivity index is 2.76. The first-order valence-corrected chi connectivity index (χ1v) is 7.52. The first kappa shape index (κ1) is 12.9. The lowest BCUT2D eigenvalue weighted by Gasteiger charge is -2.34. The summed E-state index contributed by atoms with van der Waals surface area (Å²) in [7, 11) is -1.57. The number of hydrogen-bond acceptors (Lipinski definition) is 4. The number of nitrogens with zero attached hydrogens (tertiary/aromatic N) is 2. The average Bonchev–Trinajstić information content (AvgIpc) is 2.33. The molecule has 1 aromatic carbocycles. The van der Waals surface area contributed by atoms with Gasteiger partial charge in [-0.05, 0) is 17.5 Å². The minimum absolute atomic E-state index is 0.130. The molecule has 0 bridgehead atoms. The number of fused-ring (bicyclic) bond motifs is 1. The molecule has 1 unspecified atom stereocenters. The van der Waals surface area contributed by atoms with E-state index in [1.165, 1.54) is 0 Å². The van der Waals surface area contributed by atoms with Gasteiger partial charge in [-0.15, -0.1) is 0 Å². The molecule has 0 fully saturated rings. The second-order valence-corrected chi connectivity index (χ2v) is 6.89. The van der Waals surface area contributed by atoms with Gasteiger partial charge in [0.15, 0.2) is 9.84 Å². The lowest BCUT2D eigenvalue weighted by Crippen LogP contribution is -2.42. The molecule has 0 spiro atoms. The molecule has 0 radical (unpaired) electrons. The van der Waals surface area contributed by atoms with Crippen LogP contribution in [0.2, 0.25) is 0 Å². The van der Waals surface area contributed by atoms with E-state index in [4.69, 9.17) is 5.26 Å². The van der Waals surface area contributed by atoms with Crippen LogP contribution < -0.4 is 4.90 Å². The van der Waals surface area contributed by atoms with E-state index in [0.717, 1.165) is 5.56 Å². The highest BCUT2D eigenvalue weighted by atomic mass is 32.2. The SMILES string of the molecule is CC(C)c1cccc2c1N(C)C(C#N)CS2(=O)=O. The van der Waals surface area contributed by atoms with E-state index in [2.05, 4.69) is 6.07 Å². The summed E-state index contributed by atoms with van der Waals surface area (Å²) in [5, 5.41) is 9.09. The molecular formula is C13H16N2O2S. The summed E-state index contributed by atoms with van der Waals surface area (Å²) in [5.41, 5.74) is 1.66. The van der Waals surface area contributed by atoms with Crippen LogP contribution in [-0.2, 0) is 9.84 Å². The molecule has 5 heteroatoms. The van der Waals surface area contributed by atoms with Crippen LogP contribution in [0, 0.1) is 11.3 Å². The molecule has 2 rings (SSSR count). The molecule has 1 aliphatic rings. The summed E-state index contributed by atoms with van der Waals surface area (Å²) in [6, 6.07) is 6.78. The van der Waals surface area contributed by atoms with E-state index >= 15 is 0 Å². The smallest absolute Gasteiger partial charge is 0.183 e. The van der Waals surface area contributed by atoms with Crippen LogP contribution in [-0.4, -0.2) is 27.3 Å². The standard InChI is InChI=1S/C13H16N2O2S/c1-9(2)11-5-4-6-12-13(11)15(3)10(7-14)8-18(12,16)17/h4-6,9-10H,8H2,1-3H3. The number of hydrogen-bond donors (Lipinski definition) is 0. The van der Waals surface area contributed by atoms with Crippen molar-refractivity contribution in [1.29, 1.82) is 5.26 Å². The molecule has 1 heterocycles. The van der Waals surface area contributed by atoms with Crippen LogP contribution in [0.3, 0.4) is 0 Å². The zero-order chi connectivity index (χ0) is 13.5. The molecule has 18 heavy (non-hydrogen) atoms. The molecule has 1 aliphatic heterocycles. The molecule has 4 nitrogen and oxygen atoms in total. The maximum Gasteiger partial charge on any atom is 0.183 e. The molecule has 0 N–H and O–H groups in total. The molecule has 0 saturated carbocycles. The number of nitriles is 1. The van der Waals surface area contributed by atoms with Gasteiger partial charge in [0.05, 0.1) is 22.4 Å². The van der Waals surface area contributed by atoms with E-state index in [1.54, 1.807) is 24.1 Å². The Labute approximate surface area is 108 Å². The quantitative estimate of drug-likeness (QED) is 0.777. The summed E-state index contributed by atoms with van der Waals surface area (Å²) in [6.45, 7) is 4.04. The summed E-state index contributed by atoms with van der Waals surface area (Å²) < 4.78 is 24.4. The molecule has 0 amide bonds. The predicted molar refractivity (Wildman–Crippen MR) is 70.4 cm³/mol. The van der Waals surface area contributed by atoms with E-state index in [9.17, 15) is 8.42 Å². The minimum atomic E-state index is -3.36. The second-order valence-electron chi connectivity index (χ2n) is 4.89. The van der Waals surface area contributed by atoms with Crippen molar-refractivity contribution in [2.45, 2.75) is 30.7 Å². The van der Waals surface area contributed by atoms with Crippen molar-refractivity contribution in [3.05, 3.63) is 23.8 Å². The van der Waals surface area contributed by atoms with Crippen LogP contribution in [0.25, 0.3) is 0 Å². The Hall–Kier alpha value is -1.54. The predicted octanol–water partition coefficient (Wildman–Crippen LogP) is 1.93. The lowest BCUT2D eigenvalue weighted by atomic mass is 10.00. The highest BCUT2D eigenvalue weighted by molar-refractivity contribution is 7.91. The monoisotopic (exact) mass is 264 g/mol. The Morgan fingerprint density at radius 1 is 1.44 bits per heavy atom. The van der Waals surface area contributed by atoms with Crippen molar-refractivity contribution in [3.63, 3.8) is 0 Å². The Morgan fingerprint density at radius 2 is 2.11 bits per heavy atom. The van der Waals surface area contributed by atoms with Crippen LogP contribution in [0.15, 0.2) is 23.1 Å². The summed E-state index contributed by atoms with van der Waals surface area (Å²) in [4.78, 5) is 2.13. The summed E-state index contributed by atoms with van der Waals surface area (Å²) >= 11 is 0. The fourth-order valence-corrected chi connectivity index (χ4v) is 4.06. The molecule has 0 aliphatic carbocycles. The third-order valence-corrected chi connectivity index (χ3v) is 5.09. The van der Waals surface area contributed by atoms with Crippen molar-refractivity contribution in [3.8, 4) is 6.07 Å². The fourth-order valence-electron chi connectivity index (χ4n) is 2.32. The normalized spacial score (nSPS) is 21.5. The number of anilines is 1. The van der Waals surface area contributed by atoms with E-state index < -0.39 is 15.9 Å². The van der Waals surface area contributed by atoms with Gasteiger partial charge in [0.25, 0.3) is 0 Å². The van der Waals surface area contributed by atoms with Crippen molar-refractivity contribution in [2.24, 2.45) is 0 Å². The average molecular weight is 264 g/mol. The largest absolute Gasteiger partial charge is 0.357 e. The number of benzene rings is 1. The fraction of sp³-hybridized carbons (Fsp3) is 0.462. The second kappa shape index (κ2) is 4.29. The van der Waals surface area contributed by atoms with Gasteiger partial charge in [0, 0.05) is 7.05 Å². The zero-order valence-electron chi connectivity index (χ0n) is 10.7. The molecule has 0 saturated heterocycles. The third-order valence-electron chi connectivity index (χ3n) is 3.33. The van der Waals surface area contributed by atoms with Crippen LogP contribution in [0.5, 0.6) is 0 Å². The molecular weight excluding hydrogens is 248 g/mol. The van der Waals surface area contributed by atoms with Gasteiger partial charge in [-0.2, -0.15) is 5.26 Å². The molecule has 1 atom stereocenters. The van der Waals surface area contributed by atoms with Gasteiger partial charge in [-0.25, -0.2) is 8.42 Å². The number of rotatable bonds is 1. The van der Waals surface area contributed by atoms with Gasteiger partial charge < -0.3 is 4.90 Å². The van der Waals surface area contributed by atoms with Gasteiger partial charge in [-0.3, -0.25) is 0 Å².